The topological polar surface area (TPSA) is 69.0 Å². The highest BCUT2D eigenvalue weighted by molar-refractivity contribution is 5.91. The second-order valence-corrected chi connectivity index (χ2v) is 5.75. The second kappa shape index (κ2) is 5.88. The number of rotatable bonds is 5. The number of carbonyl (C=O) groups is 1. The Bertz CT molecular complexity index is 662. The number of nitrogens with one attached hydrogen (secondary N) is 1. The van der Waals surface area contributed by atoms with Gasteiger partial charge < -0.3 is 10.1 Å². The van der Waals surface area contributed by atoms with E-state index in [-0.39, 0.29) is 17.3 Å². The van der Waals surface area contributed by atoms with E-state index in [0.29, 0.717) is 12.4 Å². The van der Waals surface area contributed by atoms with Gasteiger partial charge in [0.05, 0.1) is 17.8 Å². The Labute approximate surface area is 129 Å². The maximum Gasteiger partial charge on any atom is 0.291 e. The summed E-state index contributed by atoms with van der Waals surface area (Å²) in [6, 6.07) is 9.66. The first-order valence-corrected chi connectivity index (χ1v) is 7.44. The van der Waals surface area contributed by atoms with Crippen molar-refractivity contribution in [1.29, 1.82) is 0 Å². The summed E-state index contributed by atoms with van der Waals surface area (Å²) in [5.74, 6) is 0.643. The molecule has 1 saturated carbocycles. The molecule has 116 valence electrons. The molecule has 0 radical (unpaired) electrons. The molecule has 1 amide bonds. The van der Waals surface area contributed by atoms with Gasteiger partial charge in [0.25, 0.3) is 5.91 Å². The van der Waals surface area contributed by atoms with Crippen LogP contribution in [0.1, 0.15) is 35.7 Å². The number of aryl methyl sites for hydroxylation is 1. The molecule has 0 unspecified atom stereocenters. The molecule has 6 nitrogen and oxygen atoms in total. The second-order valence-electron chi connectivity index (χ2n) is 5.75. The Kier molecular flexibility index (Phi) is 3.94. The Hall–Kier alpha value is -2.21. The number of benzene rings is 1. The molecule has 1 aromatic carbocycles. The SMILES string of the molecule is COCC1(NC(=O)c2nc(C)n(-c3ccccc3)n2)CCC1. The molecule has 1 aliphatic carbocycles. The summed E-state index contributed by atoms with van der Waals surface area (Å²) in [5.41, 5.74) is 0.639. The Morgan fingerprint density at radius 2 is 2.09 bits per heavy atom. The van der Waals surface area contributed by atoms with Crippen molar-refractivity contribution in [3.63, 3.8) is 0 Å². The van der Waals surface area contributed by atoms with E-state index in [2.05, 4.69) is 15.4 Å². The molecule has 1 heterocycles. The van der Waals surface area contributed by atoms with E-state index in [0.717, 1.165) is 24.9 Å². The normalized spacial score (nSPS) is 16.1. The van der Waals surface area contributed by atoms with E-state index in [1.807, 2.05) is 37.3 Å². The maximum atomic E-state index is 12.4. The van der Waals surface area contributed by atoms with Crippen LogP contribution >= 0.6 is 0 Å². The van der Waals surface area contributed by atoms with Crippen LogP contribution < -0.4 is 5.32 Å². The average Bonchev–Trinajstić information content (AvgIpc) is 2.88. The monoisotopic (exact) mass is 300 g/mol. The molecule has 0 bridgehead atoms. The third kappa shape index (κ3) is 2.74. The van der Waals surface area contributed by atoms with E-state index in [9.17, 15) is 4.79 Å². The van der Waals surface area contributed by atoms with E-state index in [1.54, 1.807) is 11.8 Å². The lowest BCUT2D eigenvalue weighted by molar-refractivity contribution is 0.0471. The van der Waals surface area contributed by atoms with E-state index >= 15 is 0 Å². The van der Waals surface area contributed by atoms with Crippen molar-refractivity contribution in [2.24, 2.45) is 0 Å². The van der Waals surface area contributed by atoms with Gasteiger partial charge in [-0.3, -0.25) is 4.79 Å². The minimum absolute atomic E-state index is 0.198. The lowest BCUT2D eigenvalue weighted by Crippen LogP contribution is -2.56. The molecule has 0 spiro atoms. The molecule has 22 heavy (non-hydrogen) atoms. The van der Waals surface area contributed by atoms with Gasteiger partial charge in [-0.05, 0) is 38.3 Å². The summed E-state index contributed by atoms with van der Waals surface area (Å²) in [6.07, 6.45) is 2.98. The van der Waals surface area contributed by atoms with Gasteiger partial charge in [0.15, 0.2) is 0 Å². The number of amides is 1. The van der Waals surface area contributed by atoms with Gasteiger partial charge in [0.2, 0.25) is 5.82 Å². The Balaban J connectivity index is 1.79. The van der Waals surface area contributed by atoms with Crippen molar-refractivity contribution in [3.8, 4) is 5.69 Å². The summed E-state index contributed by atoms with van der Waals surface area (Å²) < 4.78 is 6.90. The Morgan fingerprint density at radius 1 is 1.36 bits per heavy atom. The predicted octanol–water partition coefficient (Wildman–Crippen LogP) is 1.87. The number of para-hydroxylation sites is 1. The van der Waals surface area contributed by atoms with E-state index < -0.39 is 0 Å². The van der Waals surface area contributed by atoms with Crippen molar-refractivity contribution in [2.75, 3.05) is 13.7 Å². The number of methoxy groups -OCH3 is 1. The summed E-state index contributed by atoms with van der Waals surface area (Å²) in [4.78, 5) is 16.7. The number of hydrogen-bond donors (Lipinski definition) is 1. The van der Waals surface area contributed by atoms with E-state index in [1.165, 1.54) is 0 Å². The lowest BCUT2D eigenvalue weighted by atomic mass is 9.77. The summed E-state index contributed by atoms with van der Waals surface area (Å²) in [5, 5.41) is 7.37. The first kappa shape index (κ1) is 14.7. The molecular weight excluding hydrogens is 280 g/mol. The van der Waals surface area contributed by atoms with Gasteiger partial charge in [0.1, 0.15) is 5.82 Å². The molecular formula is C16H20N4O2. The highest BCUT2D eigenvalue weighted by Crippen LogP contribution is 2.32. The van der Waals surface area contributed by atoms with Crippen molar-refractivity contribution in [3.05, 3.63) is 42.0 Å². The zero-order valence-corrected chi connectivity index (χ0v) is 12.9. The Morgan fingerprint density at radius 3 is 2.68 bits per heavy atom. The molecule has 0 saturated heterocycles. The van der Waals surface area contributed by atoms with Crippen LogP contribution in [-0.4, -0.2) is 39.9 Å². The molecule has 3 rings (SSSR count). The van der Waals surface area contributed by atoms with Gasteiger partial charge in [-0.1, -0.05) is 18.2 Å². The zero-order chi connectivity index (χ0) is 15.6. The van der Waals surface area contributed by atoms with Crippen molar-refractivity contribution >= 4 is 5.91 Å². The van der Waals surface area contributed by atoms with Gasteiger partial charge in [0, 0.05) is 7.11 Å². The van der Waals surface area contributed by atoms with Gasteiger partial charge in [-0.2, -0.15) is 0 Å². The van der Waals surface area contributed by atoms with Crippen LogP contribution in [0, 0.1) is 6.92 Å². The highest BCUT2D eigenvalue weighted by atomic mass is 16.5. The number of nitrogens with zero attached hydrogens (tertiary/aromatic N) is 3. The van der Waals surface area contributed by atoms with Crippen LogP contribution in [0.15, 0.2) is 30.3 Å². The minimum Gasteiger partial charge on any atom is -0.382 e. The van der Waals surface area contributed by atoms with Crippen LogP contribution in [0.25, 0.3) is 5.69 Å². The van der Waals surface area contributed by atoms with Gasteiger partial charge in [-0.15, -0.1) is 5.10 Å². The fourth-order valence-electron chi connectivity index (χ4n) is 2.78. The first-order valence-electron chi connectivity index (χ1n) is 7.44. The van der Waals surface area contributed by atoms with Crippen LogP contribution in [0.4, 0.5) is 0 Å². The summed E-state index contributed by atoms with van der Waals surface area (Å²) >= 11 is 0. The number of aromatic nitrogens is 3. The standard InChI is InChI=1S/C16H20N4O2/c1-12-17-14(19-20(12)13-7-4-3-5-8-13)15(21)18-16(11-22-2)9-6-10-16/h3-5,7-8H,6,9-11H2,1-2H3,(H,18,21). The molecule has 6 heteroatoms. The molecule has 2 aromatic rings. The molecule has 1 N–H and O–H groups in total. The maximum absolute atomic E-state index is 12.4. The zero-order valence-electron chi connectivity index (χ0n) is 12.9. The first-order chi connectivity index (χ1) is 10.6. The van der Waals surface area contributed by atoms with Crippen LogP contribution in [-0.2, 0) is 4.74 Å². The molecule has 0 atom stereocenters. The number of hydrogen-bond acceptors (Lipinski definition) is 4. The molecule has 1 aromatic heterocycles. The smallest absolute Gasteiger partial charge is 0.291 e. The van der Waals surface area contributed by atoms with Crippen LogP contribution in [0.2, 0.25) is 0 Å². The molecule has 0 aliphatic heterocycles. The summed E-state index contributed by atoms with van der Waals surface area (Å²) in [7, 11) is 1.65. The fourth-order valence-corrected chi connectivity index (χ4v) is 2.78. The van der Waals surface area contributed by atoms with Crippen molar-refractivity contribution in [2.45, 2.75) is 31.7 Å². The van der Waals surface area contributed by atoms with Crippen LogP contribution in [0.3, 0.4) is 0 Å². The fraction of sp³-hybridized carbons (Fsp3) is 0.438. The van der Waals surface area contributed by atoms with Gasteiger partial charge >= 0.3 is 0 Å². The minimum atomic E-state index is -0.252. The van der Waals surface area contributed by atoms with E-state index in [4.69, 9.17) is 4.74 Å². The average molecular weight is 300 g/mol. The predicted molar refractivity (Wildman–Crippen MR) is 82.0 cm³/mol. The summed E-state index contributed by atoms with van der Waals surface area (Å²) in [6.45, 7) is 2.36. The third-order valence-electron chi connectivity index (χ3n) is 4.08. The van der Waals surface area contributed by atoms with Crippen molar-refractivity contribution < 1.29 is 9.53 Å². The molecule has 1 aliphatic rings. The van der Waals surface area contributed by atoms with Crippen molar-refractivity contribution in [1.82, 2.24) is 20.1 Å². The third-order valence-corrected chi connectivity index (χ3v) is 4.08. The highest BCUT2D eigenvalue weighted by Gasteiger charge is 2.39. The number of ether oxygens (including phenoxy) is 1. The molecule has 1 fully saturated rings. The van der Waals surface area contributed by atoms with Crippen LogP contribution in [0.5, 0.6) is 0 Å². The largest absolute Gasteiger partial charge is 0.382 e. The quantitative estimate of drug-likeness (QED) is 0.915. The lowest BCUT2D eigenvalue weighted by Gasteiger charge is -2.41. The number of carbonyl (C=O) groups excluding carboxylic acids is 1. The van der Waals surface area contributed by atoms with Gasteiger partial charge in [-0.25, -0.2) is 9.67 Å².